The molecular formula is C17H27NO6. The molecule has 1 aliphatic rings. The molecule has 0 aliphatic carbocycles. The van der Waals surface area contributed by atoms with Crippen LogP contribution >= 0.6 is 0 Å². The third kappa shape index (κ3) is 4.52. The van der Waals surface area contributed by atoms with Crippen LogP contribution < -0.4 is 0 Å². The van der Waals surface area contributed by atoms with Crippen LogP contribution in [0.15, 0.2) is 24.3 Å². The Kier molecular flexibility index (Phi) is 7.12. The van der Waals surface area contributed by atoms with E-state index in [0.717, 1.165) is 17.5 Å². The van der Waals surface area contributed by atoms with Crippen molar-refractivity contribution >= 4 is 0 Å². The molecule has 0 radical (unpaired) electrons. The van der Waals surface area contributed by atoms with Gasteiger partial charge in [0.1, 0.15) is 24.4 Å². The second-order valence-electron chi connectivity index (χ2n) is 6.11. The SMILES string of the molecule is CCCON(Cc1ccc(C)cc1)C1O[C@H](CO)[C@@H](O)[C@H](O)[C@H]1O. The number of aliphatic hydroxyl groups is 4. The zero-order valence-corrected chi connectivity index (χ0v) is 14.1. The lowest BCUT2D eigenvalue weighted by Gasteiger charge is -2.43. The number of aliphatic hydroxyl groups excluding tert-OH is 4. The molecule has 1 saturated heterocycles. The van der Waals surface area contributed by atoms with E-state index >= 15 is 0 Å². The summed E-state index contributed by atoms with van der Waals surface area (Å²) in [7, 11) is 0. The first kappa shape index (κ1) is 19.3. The van der Waals surface area contributed by atoms with Crippen molar-refractivity contribution in [3.63, 3.8) is 0 Å². The molecule has 0 amide bonds. The summed E-state index contributed by atoms with van der Waals surface area (Å²) in [5.41, 5.74) is 2.08. The highest BCUT2D eigenvalue weighted by Crippen LogP contribution is 2.25. The van der Waals surface area contributed by atoms with Gasteiger partial charge in [0, 0.05) is 0 Å². The van der Waals surface area contributed by atoms with Gasteiger partial charge in [0.2, 0.25) is 0 Å². The lowest BCUT2D eigenvalue weighted by atomic mass is 9.98. The quantitative estimate of drug-likeness (QED) is 0.515. The number of ether oxygens (including phenoxy) is 1. The van der Waals surface area contributed by atoms with E-state index < -0.39 is 37.3 Å². The van der Waals surface area contributed by atoms with Gasteiger partial charge in [0.25, 0.3) is 0 Å². The van der Waals surface area contributed by atoms with E-state index in [1.54, 1.807) is 0 Å². The molecule has 1 unspecified atom stereocenters. The van der Waals surface area contributed by atoms with Gasteiger partial charge in [0.15, 0.2) is 6.23 Å². The fourth-order valence-corrected chi connectivity index (χ4v) is 2.61. The summed E-state index contributed by atoms with van der Waals surface area (Å²) in [6, 6.07) is 7.84. The molecule has 0 aromatic heterocycles. The van der Waals surface area contributed by atoms with Crippen molar-refractivity contribution in [2.24, 2.45) is 0 Å². The van der Waals surface area contributed by atoms with Crippen LogP contribution in [-0.2, 0) is 16.1 Å². The minimum absolute atomic E-state index is 0.336. The van der Waals surface area contributed by atoms with Crippen LogP contribution in [0.2, 0.25) is 0 Å². The summed E-state index contributed by atoms with van der Waals surface area (Å²) in [6.07, 6.45) is -5.35. The van der Waals surface area contributed by atoms with Crippen LogP contribution in [0.5, 0.6) is 0 Å². The molecule has 4 N–H and O–H groups in total. The molecule has 7 nitrogen and oxygen atoms in total. The summed E-state index contributed by atoms with van der Waals surface area (Å²) in [4.78, 5) is 5.69. The van der Waals surface area contributed by atoms with Gasteiger partial charge in [-0.3, -0.25) is 4.84 Å². The van der Waals surface area contributed by atoms with Gasteiger partial charge in [-0.1, -0.05) is 36.8 Å². The summed E-state index contributed by atoms with van der Waals surface area (Å²) in [5, 5.41) is 40.9. The maximum Gasteiger partial charge on any atom is 0.162 e. The predicted molar refractivity (Wildman–Crippen MR) is 86.7 cm³/mol. The third-order valence-electron chi connectivity index (χ3n) is 4.07. The monoisotopic (exact) mass is 341 g/mol. The zero-order chi connectivity index (χ0) is 17.7. The number of aryl methyl sites for hydroxylation is 1. The lowest BCUT2D eigenvalue weighted by Crippen LogP contribution is -2.63. The minimum Gasteiger partial charge on any atom is -0.394 e. The Hall–Kier alpha value is -1.06. The molecule has 7 heteroatoms. The van der Waals surface area contributed by atoms with Crippen molar-refractivity contribution in [2.75, 3.05) is 13.2 Å². The number of hydrogen-bond acceptors (Lipinski definition) is 7. The highest BCUT2D eigenvalue weighted by atomic mass is 16.7. The zero-order valence-electron chi connectivity index (χ0n) is 14.1. The van der Waals surface area contributed by atoms with Crippen LogP contribution in [0, 0.1) is 6.92 Å². The molecule has 24 heavy (non-hydrogen) atoms. The van der Waals surface area contributed by atoms with Crippen molar-refractivity contribution in [3.8, 4) is 0 Å². The maximum atomic E-state index is 10.3. The van der Waals surface area contributed by atoms with Gasteiger partial charge in [-0.15, -0.1) is 0 Å². The first-order chi connectivity index (χ1) is 11.5. The van der Waals surface area contributed by atoms with E-state index in [1.807, 2.05) is 38.1 Å². The molecule has 1 aromatic rings. The Morgan fingerprint density at radius 3 is 2.33 bits per heavy atom. The van der Waals surface area contributed by atoms with E-state index in [1.165, 1.54) is 5.06 Å². The highest BCUT2D eigenvalue weighted by Gasteiger charge is 2.46. The molecule has 0 bridgehead atoms. The number of hydrogen-bond donors (Lipinski definition) is 4. The van der Waals surface area contributed by atoms with E-state index in [0.29, 0.717) is 13.2 Å². The van der Waals surface area contributed by atoms with Gasteiger partial charge in [-0.25, -0.2) is 0 Å². The molecule has 1 heterocycles. The Labute approximate surface area is 142 Å². The molecule has 1 aromatic carbocycles. The van der Waals surface area contributed by atoms with Gasteiger partial charge in [-0.05, 0) is 18.9 Å². The van der Waals surface area contributed by atoms with E-state index in [2.05, 4.69) is 0 Å². The second kappa shape index (κ2) is 8.87. The molecule has 1 aliphatic heterocycles. The van der Waals surface area contributed by atoms with E-state index in [9.17, 15) is 20.4 Å². The Balaban J connectivity index is 2.17. The van der Waals surface area contributed by atoms with Crippen molar-refractivity contribution in [2.45, 2.75) is 57.5 Å². The van der Waals surface area contributed by atoms with Crippen LogP contribution in [0.1, 0.15) is 24.5 Å². The average molecular weight is 341 g/mol. The molecule has 0 spiro atoms. The van der Waals surface area contributed by atoms with Crippen molar-refractivity contribution in [3.05, 3.63) is 35.4 Å². The summed E-state index contributed by atoms with van der Waals surface area (Å²) < 4.78 is 5.58. The van der Waals surface area contributed by atoms with Crippen LogP contribution in [0.25, 0.3) is 0 Å². The third-order valence-corrected chi connectivity index (χ3v) is 4.07. The Morgan fingerprint density at radius 1 is 1.08 bits per heavy atom. The number of nitrogens with zero attached hydrogens (tertiary/aromatic N) is 1. The second-order valence-corrected chi connectivity index (χ2v) is 6.11. The van der Waals surface area contributed by atoms with Crippen LogP contribution in [0.4, 0.5) is 0 Å². The Morgan fingerprint density at radius 2 is 1.75 bits per heavy atom. The van der Waals surface area contributed by atoms with Crippen molar-refractivity contribution in [1.82, 2.24) is 5.06 Å². The largest absolute Gasteiger partial charge is 0.394 e. The van der Waals surface area contributed by atoms with Gasteiger partial charge in [0.05, 0.1) is 19.8 Å². The van der Waals surface area contributed by atoms with E-state index in [4.69, 9.17) is 9.57 Å². The van der Waals surface area contributed by atoms with Crippen molar-refractivity contribution in [1.29, 1.82) is 0 Å². The fourth-order valence-electron chi connectivity index (χ4n) is 2.61. The number of hydroxylamine groups is 2. The molecule has 1 fully saturated rings. The fraction of sp³-hybridized carbons (Fsp3) is 0.647. The lowest BCUT2D eigenvalue weighted by molar-refractivity contribution is -0.338. The molecule has 0 saturated carbocycles. The predicted octanol–water partition coefficient (Wildman–Crippen LogP) is -0.0615. The maximum absolute atomic E-state index is 10.3. The van der Waals surface area contributed by atoms with Gasteiger partial charge in [-0.2, -0.15) is 5.06 Å². The summed E-state index contributed by atoms with van der Waals surface area (Å²) >= 11 is 0. The van der Waals surface area contributed by atoms with E-state index in [-0.39, 0.29) is 0 Å². The van der Waals surface area contributed by atoms with Crippen molar-refractivity contribution < 1.29 is 30.0 Å². The average Bonchev–Trinajstić information content (AvgIpc) is 2.59. The number of benzene rings is 1. The minimum atomic E-state index is -1.42. The first-order valence-electron chi connectivity index (χ1n) is 8.23. The first-order valence-corrected chi connectivity index (χ1v) is 8.23. The molecular weight excluding hydrogens is 314 g/mol. The number of rotatable bonds is 7. The Bertz CT molecular complexity index is 494. The standard InChI is InChI=1S/C17H27NO6/c1-3-8-23-18(9-12-6-4-11(2)5-7-12)17-16(22)15(21)14(20)13(10-19)24-17/h4-7,13-17,19-22H,3,8-10H2,1-2H3/t13-,14-,15+,16-,17?/m1/s1. The van der Waals surface area contributed by atoms with Crippen LogP contribution in [0.3, 0.4) is 0 Å². The smallest absolute Gasteiger partial charge is 0.162 e. The summed E-state index contributed by atoms with van der Waals surface area (Å²) in [5.74, 6) is 0. The molecule has 5 atom stereocenters. The topological polar surface area (TPSA) is 103 Å². The normalized spacial score (nSPS) is 30.7. The van der Waals surface area contributed by atoms with Gasteiger partial charge >= 0.3 is 0 Å². The molecule has 2 rings (SSSR count). The molecule has 136 valence electrons. The highest BCUT2D eigenvalue weighted by molar-refractivity contribution is 5.21. The van der Waals surface area contributed by atoms with Crippen LogP contribution in [-0.4, -0.2) is 69.3 Å². The van der Waals surface area contributed by atoms with Gasteiger partial charge < -0.3 is 25.2 Å². The summed E-state index contributed by atoms with van der Waals surface area (Å²) in [6.45, 7) is 4.24.